The average Bonchev–Trinajstić information content (AvgIpc) is 2.97. The van der Waals surface area contributed by atoms with Crippen molar-refractivity contribution in [2.24, 2.45) is 0 Å². The number of rotatable bonds is 2. The van der Waals surface area contributed by atoms with E-state index in [1.807, 2.05) is 48.9 Å². The summed E-state index contributed by atoms with van der Waals surface area (Å²) in [6.45, 7) is 3.90. The molecular weight excluding hydrogens is 462 g/mol. The highest BCUT2D eigenvalue weighted by Gasteiger charge is 2.17. The summed E-state index contributed by atoms with van der Waals surface area (Å²) < 4.78 is 9.00. The first-order valence-corrected chi connectivity index (χ1v) is 9.44. The van der Waals surface area contributed by atoms with Crippen molar-refractivity contribution in [1.82, 2.24) is 14.5 Å². The maximum Gasteiger partial charge on any atom is 0.347 e. The van der Waals surface area contributed by atoms with Crippen LogP contribution in [0.15, 0.2) is 60.9 Å². The van der Waals surface area contributed by atoms with Gasteiger partial charge in [0.2, 0.25) is 5.89 Å². The fourth-order valence-electron chi connectivity index (χ4n) is 2.88. The Morgan fingerprint density at radius 2 is 1.96 bits per heavy atom. The van der Waals surface area contributed by atoms with Gasteiger partial charge in [-0.1, -0.05) is 6.07 Å². The maximum atomic E-state index is 12.5. The number of aromatic nitrogens is 3. The minimum absolute atomic E-state index is 0.239. The first-order valence-electron chi connectivity index (χ1n) is 7.85. The van der Waals surface area contributed by atoms with Gasteiger partial charge in [-0.15, -0.1) is 0 Å². The Bertz CT molecular complexity index is 1210. The second-order valence-electron chi connectivity index (χ2n) is 6.01. The van der Waals surface area contributed by atoms with Gasteiger partial charge in [-0.2, -0.15) is 0 Å². The van der Waals surface area contributed by atoms with Crippen LogP contribution in [0, 0.1) is 13.8 Å². The van der Waals surface area contributed by atoms with Gasteiger partial charge in [0.15, 0.2) is 0 Å². The van der Waals surface area contributed by atoms with Gasteiger partial charge >= 0.3 is 5.63 Å². The molecule has 26 heavy (non-hydrogen) atoms. The average molecular weight is 475 g/mol. The van der Waals surface area contributed by atoms with Gasteiger partial charge in [0.1, 0.15) is 11.5 Å². The lowest BCUT2D eigenvalue weighted by Crippen LogP contribution is -2.07. The summed E-state index contributed by atoms with van der Waals surface area (Å²) >= 11 is 6.99. The highest BCUT2D eigenvalue weighted by molar-refractivity contribution is 9.11. The van der Waals surface area contributed by atoms with Crippen LogP contribution in [0.2, 0.25) is 0 Å². The van der Waals surface area contributed by atoms with E-state index in [-0.39, 0.29) is 5.89 Å². The van der Waals surface area contributed by atoms with Crippen LogP contribution in [0.25, 0.3) is 28.3 Å². The predicted molar refractivity (Wildman–Crippen MR) is 108 cm³/mol. The molecule has 1 aromatic carbocycles. The minimum Gasteiger partial charge on any atom is -0.401 e. The third kappa shape index (κ3) is 2.91. The first kappa shape index (κ1) is 17.2. The summed E-state index contributed by atoms with van der Waals surface area (Å²) in [5.74, 6) is 0.989. The van der Waals surface area contributed by atoms with Crippen LogP contribution < -0.4 is 5.63 Å². The molecule has 4 rings (SSSR count). The molecule has 0 bridgehead atoms. The van der Waals surface area contributed by atoms with Gasteiger partial charge in [0, 0.05) is 21.3 Å². The van der Waals surface area contributed by atoms with Crippen LogP contribution in [0.1, 0.15) is 11.1 Å². The van der Waals surface area contributed by atoms with E-state index in [1.165, 1.54) is 0 Å². The Hall–Kier alpha value is -2.25. The molecule has 3 aromatic heterocycles. The zero-order valence-electron chi connectivity index (χ0n) is 14.0. The lowest BCUT2D eigenvalue weighted by atomic mass is 10.2. The Morgan fingerprint density at radius 1 is 1.15 bits per heavy atom. The zero-order chi connectivity index (χ0) is 18.4. The fourth-order valence-corrected chi connectivity index (χ4v) is 3.97. The number of halogens is 2. The standard InChI is InChI=1S/C19H13Br2N3O2/c1-10-6-13-16(14(21)7-10)23-18(26-19(13)25)15-8-12(20)9-24(15)17-11(2)4-3-5-22-17/h3-9H,1-2H3. The molecule has 0 atom stereocenters. The SMILES string of the molecule is Cc1cc(Br)c2nc(-c3cc(Br)cn3-c3ncccc3C)oc(=O)c2c1. The van der Waals surface area contributed by atoms with Crippen LogP contribution in [0.3, 0.4) is 0 Å². The van der Waals surface area contributed by atoms with E-state index in [0.29, 0.717) is 16.6 Å². The molecule has 0 spiro atoms. The molecule has 0 unspecified atom stereocenters. The number of aryl methyl sites for hydroxylation is 2. The molecule has 0 aliphatic rings. The molecule has 0 fully saturated rings. The third-order valence-electron chi connectivity index (χ3n) is 4.05. The van der Waals surface area contributed by atoms with Gasteiger partial charge in [0.25, 0.3) is 0 Å². The number of hydrogen-bond acceptors (Lipinski definition) is 4. The second kappa shape index (κ2) is 6.48. The number of nitrogens with zero attached hydrogens (tertiary/aromatic N) is 3. The summed E-state index contributed by atoms with van der Waals surface area (Å²) in [7, 11) is 0. The fraction of sp³-hybridized carbons (Fsp3) is 0.105. The van der Waals surface area contributed by atoms with Gasteiger partial charge in [-0.25, -0.2) is 14.8 Å². The molecule has 0 saturated heterocycles. The van der Waals surface area contributed by atoms with E-state index < -0.39 is 5.63 Å². The lowest BCUT2D eigenvalue weighted by Gasteiger charge is -2.10. The molecule has 7 heteroatoms. The van der Waals surface area contributed by atoms with E-state index in [2.05, 4.69) is 41.8 Å². The van der Waals surface area contributed by atoms with Gasteiger partial charge in [-0.05, 0) is 81.1 Å². The molecule has 0 saturated carbocycles. The van der Waals surface area contributed by atoms with Crippen LogP contribution in [-0.4, -0.2) is 14.5 Å². The Morgan fingerprint density at radius 3 is 2.73 bits per heavy atom. The molecular formula is C19H13Br2N3O2. The van der Waals surface area contributed by atoms with Crippen molar-refractivity contribution in [3.05, 3.63) is 73.2 Å². The van der Waals surface area contributed by atoms with Gasteiger partial charge in [0.05, 0.1) is 10.9 Å². The zero-order valence-corrected chi connectivity index (χ0v) is 17.1. The van der Waals surface area contributed by atoms with Crippen molar-refractivity contribution in [3.8, 4) is 17.4 Å². The number of hydrogen-bond donors (Lipinski definition) is 0. The molecule has 3 heterocycles. The van der Waals surface area contributed by atoms with Crippen molar-refractivity contribution in [2.75, 3.05) is 0 Å². The number of pyridine rings is 1. The molecule has 130 valence electrons. The number of benzene rings is 1. The monoisotopic (exact) mass is 473 g/mol. The van der Waals surface area contributed by atoms with Crippen molar-refractivity contribution in [3.63, 3.8) is 0 Å². The highest BCUT2D eigenvalue weighted by Crippen LogP contribution is 2.30. The van der Waals surface area contributed by atoms with Crippen LogP contribution in [0.4, 0.5) is 0 Å². The molecule has 0 radical (unpaired) electrons. The Kier molecular flexibility index (Phi) is 4.28. The van der Waals surface area contributed by atoms with Crippen molar-refractivity contribution < 1.29 is 4.42 Å². The second-order valence-corrected chi connectivity index (χ2v) is 7.78. The maximum absolute atomic E-state index is 12.5. The Balaban J connectivity index is 2.01. The summed E-state index contributed by atoms with van der Waals surface area (Å²) in [4.78, 5) is 21.6. The highest BCUT2D eigenvalue weighted by atomic mass is 79.9. The molecule has 0 amide bonds. The third-order valence-corrected chi connectivity index (χ3v) is 5.08. The largest absolute Gasteiger partial charge is 0.401 e. The van der Waals surface area contributed by atoms with E-state index in [9.17, 15) is 4.79 Å². The van der Waals surface area contributed by atoms with Crippen LogP contribution in [0.5, 0.6) is 0 Å². The summed E-state index contributed by atoms with van der Waals surface area (Å²) in [6.07, 6.45) is 3.60. The van der Waals surface area contributed by atoms with E-state index >= 15 is 0 Å². The molecule has 4 aromatic rings. The van der Waals surface area contributed by atoms with Crippen molar-refractivity contribution >= 4 is 42.8 Å². The minimum atomic E-state index is -0.420. The van der Waals surface area contributed by atoms with Crippen molar-refractivity contribution in [1.29, 1.82) is 0 Å². The first-order chi connectivity index (χ1) is 12.4. The quantitative estimate of drug-likeness (QED) is 0.401. The molecule has 0 aliphatic heterocycles. The molecule has 0 aliphatic carbocycles. The van der Waals surface area contributed by atoms with Gasteiger partial charge < -0.3 is 4.42 Å². The molecule has 0 N–H and O–H groups in total. The summed E-state index contributed by atoms with van der Waals surface area (Å²) in [5.41, 5.74) is 2.75. The normalized spacial score (nSPS) is 11.2. The Labute approximate surface area is 166 Å². The summed E-state index contributed by atoms with van der Waals surface area (Å²) in [6, 6.07) is 9.42. The van der Waals surface area contributed by atoms with Crippen molar-refractivity contribution in [2.45, 2.75) is 13.8 Å². The van der Waals surface area contributed by atoms with Crippen LogP contribution >= 0.6 is 31.9 Å². The van der Waals surface area contributed by atoms with Crippen LogP contribution in [-0.2, 0) is 0 Å². The molecule has 5 nitrogen and oxygen atoms in total. The van der Waals surface area contributed by atoms with E-state index in [0.717, 1.165) is 25.9 Å². The lowest BCUT2D eigenvalue weighted by molar-refractivity contribution is 0.514. The summed E-state index contributed by atoms with van der Waals surface area (Å²) in [5, 5.41) is 0.451. The topological polar surface area (TPSA) is 60.9 Å². The smallest absolute Gasteiger partial charge is 0.347 e. The number of fused-ring (bicyclic) bond motifs is 1. The predicted octanol–water partition coefficient (Wildman–Crippen LogP) is 5.18. The van der Waals surface area contributed by atoms with E-state index in [1.54, 1.807) is 12.3 Å². The van der Waals surface area contributed by atoms with E-state index in [4.69, 9.17) is 4.42 Å². The van der Waals surface area contributed by atoms with Gasteiger partial charge in [-0.3, -0.25) is 4.57 Å².